The number of pyridine rings is 1. The Balaban J connectivity index is 0.952. The van der Waals surface area contributed by atoms with Gasteiger partial charge in [0.05, 0.1) is 6.10 Å². The summed E-state index contributed by atoms with van der Waals surface area (Å²) >= 11 is 0. The van der Waals surface area contributed by atoms with E-state index >= 15 is 0 Å². The first-order chi connectivity index (χ1) is 19.8. The van der Waals surface area contributed by atoms with Crippen LogP contribution < -0.4 is 20.5 Å². The monoisotopic (exact) mass is 558 g/mol. The number of fused-ring (bicyclic) bond motifs is 2. The molecule has 4 saturated carbocycles. The van der Waals surface area contributed by atoms with Crippen molar-refractivity contribution in [2.24, 2.45) is 28.9 Å². The van der Waals surface area contributed by atoms with E-state index in [2.05, 4.69) is 15.2 Å². The first-order valence-corrected chi connectivity index (χ1v) is 15.5. The van der Waals surface area contributed by atoms with Crippen LogP contribution in [-0.4, -0.2) is 52.2 Å². The van der Waals surface area contributed by atoms with E-state index < -0.39 is 0 Å². The summed E-state index contributed by atoms with van der Waals surface area (Å²) in [5.41, 5.74) is 7.66. The summed E-state index contributed by atoms with van der Waals surface area (Å²) < 4.78 is 12.1. The van der Waals surface area contributed by atoms with Crippen LogP contribution in [0.25, 0.3) is 11.1 Å². The van der Waals surface area contributed by atoms with Crippen molar-refractivity contribution in [2.45, 2.75) is 102 Å². The zero-order valence-corrected chi connectivity index (χ0v) is 24.1. The van der Waals surface area contributed by atoms with Gasteiger partial charge in [-0.1, -0.05) is 12.1 Å². The number of piperidine rings is 1. The Hall–Kier alpha value is -3.29. The van der Waals surface area contributed by atoms with Crippen LogP contribution in [-0.2, 0) is 4.79 Å². The third-order valence-electron chi connectivity index (χ3n) is 10.6. The van der Waals surface area contributed by atoms with Gasteiger partial charge in [-0.3, -0.25) is 4.79 Å². The second kappa shape index (κ2) is 10.2. The van der Waals surface area contributed by atoms with Gasteiger partial charge in [-0.25, -0.2) is 9.78 Å². The molecule has 6 fully saturated rings. The molecule has 8 heteroatoms. The quantitative estimate of drug-likeness (QED) is 0.480. The first kappa shape index (κ1) is 26.6. The number of primary amides is 1. The van der Waals surface area contributed by atoms with Crippen LogP contribution in [0.1, 0.15) is 71.6 Å². The maximum atomic E-state index is 13.6. The number of nitrogens with one attached hydrogen (secondary N) is 1. The van der Waals surface area contributed by atoms with Crippen molar-refractivity contribution in [3.05, 3.63) is 42.6 Å². The van der Waals surface area contributed by atoms with Crippen molar-refractivity contribution in [3.63, 3.8) is 0 Å². The fraction of sp³-hybridized carbons (Fsp3) is 0.606. The number of benzene rings is 1. The fourth-order valence-electron chi connectivity index (χ4n) is 9.12. The van der Waals surface area contributed by atoms with Crippen molar-refractivity contribution < 1.29 is 19.1 Å². The molecule has 3 N–H and O–H groups in total. The summed E-state index contributed by atoms with van der Waals surface area (Å²) in [5.74, 6) is 2.70. The number of amides is 3. The van der Waals surface area contributed by atoms with E-state index in [0.717, 1.165) is 74.7 Å². The number of carbonyl (C=O) groups excluding carboxylic acids is 2. The van der Waals surface area contributed by atoms with E-state index in [4.69, 9.17) is 15.2 Å². The smallest absolute Gasteiger partial charge is 0.318 e. The molecule has 8 nitrogen and oxygen atoms in total. The van der Waals surface area contributed by atoms with E-state index in [1.165, 1.54) is 0 Å². The average Bonchev–Trinajstić information content (AvgIpc) is 3.21. The minimum atomic E-state index is -0.328. The van der Waals surface area contributed by atoms with E-state index in [-0.39, 0.29) is 47.7 Å². The molecule has 5 unspecified atom stereocenters. The van der Waals surface area contributed by atoms with Gasteiger partial charge in [-0.2, -0.15) is 0 Å². The number of ether oxygens (including phenoxy) is 2. The summed E-state index contributed by atoms with van der Waals surface area (Å²) in [6.07, 6.45) is 10.6. The summed E-state index contributed by atoms with van der Waals surface area (Å²) in [7, 11) is 0. The standard InChI is InChI=1S/C33H42N4O4/c1-19(2)40-27-8-3-21(4-9-27)22-5-10-29(35-18-22)41-28-13-25-6-7-26(14-28)37(25)32(39)36-30-23-11-20-12-24(30)17-33(15-20,16-23)31(34)38/h3-5,8-10,18-20,23-26,28,30H,6-7,11-17H2,1-2H3,(H2,34,38)(H,36,39)/t20?,23-,24+,25?,26?,28?,30?,33?. The fourth-order valence-corrected chi connectivity index (χ4v) is 9.12. The zero-order chi connectivity index (χ0) is 28.3. The predicted octanol–water partition coefficient (Wildman–Crippen LogP) is 5.30. The van der Waals surface area contributed by atoms with E-state index in [9.17, 15) is 9.59 Å². The Kier molecular flexibility index (Phi) is 6.62. The number of aromatic nitrogens is 1. The van der Waals surface area contributed by atoms with Gasteiger partial charge in [-0.05, 0) is 100 Å². The van der Waals surface area contributed by atoms with Crippen LogP contribution in [0.5, 0.6) is 11.6 Å². The van der Waals surface area contributed by atoms with E-state index in [0.29, 0.717) is 23.6 Å². The van der Waals surface area contributed by atoms with Crippen LogP contribution in [0.4, 0.5) is 4.79 Å². The van der Waals surface area contributed by atoms with Crippen molar-refractivity contribution in [1.29, 1.82) is 0 Å². The number of nitrogens with zero attached hydrogens (tertiary/aromatic N) is 2. The normalized spacial score (nSPS) is 35.0. The summed E-state index contributed by atoms with van der Waals surface area (Å²) in [6.45, 7) is 4.04. The van der Waals surface area contributed by atoms with Crippen molar-refractivity contribution in [3.8, 4) is 22.8 Å². The second-order valence-corrected chi connectivity index (χ2v) is 13.7. The summed E-state index contributed by atoms with van der Waals surface area (Å²) in [6, 6.07) is 12.7. The SMILES string of the molecule is CC(C)Oc1ccc(-c2ccc(OC3CC4CCC(C3)N4C(=O)NC3[C@@H]4CC5C[C@H]3CC(C(N)=O)(C5)C4)nc2)cc1. The number of carbonyl (C=O) groups is 2. The Morgan fingerprint density at radius 3 is 2.20 bits per heavy atom. The molecular formula is C33H42N4O4. The molecule has 3 amide bonds. The lowest BCUT2D eigenvalue weighted by atomic mass is 9.47. The van der Waals surface area contributed by atoms with Gasteiger partial charge >= 0.3 is 6.03 Å². The van der Waals surface area contributed by atoms with Gasteiger partial charge in [0.1, 0.15) is 11.9 Å². The molecular weight excluding hydrogens is 516 g/mol. The molecule has 2 saturated heterocycles. The lowest BCUT2D eigenvalue weighted by Gasteiger charge is -2.59. The Bertz CT molecular complexity index is 1270. The van der Waals surface area contributed by atoms with E-state index in [1.54, 1.807) is 0 Å². The van der Waals surface area contributed by atoms with Gasteiger partial charge in [0, 0.05) is 54.2 Å². The molecule has 6 aliphatic rings. The molecule has 41 heavy (non-hydrogen) atoms. The summed E-state index contributed by atoms with van der Waals surface area (Å²) in [4.78, 5) is 32.7. The van der Waals surface area contributed by atoms with Crippen molar-refractivity contribution in [1.82, 2.24) is 15.2 Å². The zero-order valence-electron chi connectivity index (χ0n) is 24.1. The van der Waals surface area contributed by atoms with Crippen LogP contribution in [0.2, 0.25) is 0 Å². The van der Waals surface area contributed by atoms with Crippen LogP contribution in [0.15, 0.2) is 42.6 Å². The van der Waals surface area contributed by atoms with E-state index in [1.807, 2.05) is 56.4 Å². The Morgan fingerprint density at radius 1 is 0.951 bits per heavy atom. The lowest BCUT2D eigenvalue weighted by molar-refractivity contribution is -0.145. The van der Waals surface area contributed by atoms with Gasteiger partial charge < -0.3 is 25.4 Å². The Morgan fingerprint density at radius 2 is 1.61 bits per heavy atom. The van der Waals surface area contributed by atoms with Gasteiger partial charge in [0.15, 0.2) is 0 Å². The number of hydrogen-bond acceptors (Lipinski definition) is 5. The predicted molar refractivity (Wildman–Crippen MR) is 155 cm³/mol. The highest BCUT2D eigenvalue weighted by atomic mass is 16.5. The minimum absolute atomic E-state index is 0.0546. The largest absolute Gasteiger partial charge is 0.491 e. The number of nitrogens with two attached hydrogens (primary N) is 1. The minimum Gasteiger partial charge on any atom is -0.491 e. The topological polar surface area (TPSA) is 107 Å². The third-order valence-corrected chi connectivity index (χ3v) is 10.6. The lowest BCUT2D eigenvalue weighted by Crippen LogP contribution is -2.64. The highest BCUT2D eigenvalue weighted by Gasteiger charge is 2.58. The molecule has 0 spiro atoms. The number of rotatable bonds is 7. The van der Waals surface area contributed by atoms with Crippen LogP contribution in [0, 0.1) is 23.2 Å². The molecule has 7 atom stereocenters. The molecule has 1 aromatic carbocycles. The van der Waals surface area contributed by atoms with Gasteiger partial charge in [0.2, 0.25) is 11.8 Å². The molecule has 8 rings (SSSR count). The maximum absolute atomic E-state index is 13.6. The molecule has 0 radical (unpaired) electrons. The summed E-state index contributed by atoms with van der Waals surface area (Å²) in [5, 5.41) is 3.46. The molecule has 3 heterocycles. The van der Waals surface area contributed by atoms with Gasteiger partial charge in [0.25, 0.3) is 0 Å². The van der Waals surface area contributed by atoms with Gasteiger partial charge in [-0.15, -0.1) is 0 Å². The molecule has 1 aromatic heterocycles. The highest BCUT2D eigenvalue weighted by Crippen LogP contribution is 2.60. The van der Waals surface area contributed by atoms with Crippen LogP contribution >= 0.6 is 0 Å². The average molecular weight is 559 g/mol. The molecule has 4 aliphatic carbocycles. The molecule has 6 bridgehead atoms. The molecule has 218 valence electrons. The number of urea groups is 1. The highest BCUT2D eigenvalue weighted by molar-refractivity contribution is 5.82. The Labute approximate surface area is 242 Å². The second-order valence-electron chi connectivity index (χ2n) is 13.7. The molecule has 2 aromatic rings. The van der Waals surface area contributed by atoms with Crippen molar-refractivity contribution in [2.75, 3.05) is 0 Å². The van der Waals surface area contributed by atoms with Crippen LogP contribution in [0.3, 0.4) is 0 Å². The van der Waals surface area contributed by atoms with Crippen molar-refractivity contribution >= 4 is 11.9 Å². The first-order valence-electron chi connectivity index (χ1n) is 15.5. The number of hydrogen-bond donors (Lipinski definition) is 2. The third kappa shape index (κ3) is 4.93. The maximum Gasteiger partial charge on any atom is 0.318 e. The molecule has 2 aliphatic heterocycles.